The van der Waals surface area contributed by atoms with Crippen LogP contribution in [0.15, 0.2) is 22.7 Å². The molecule has 2 rings (SSSR count). The molecule has 1 N–H and O–H groups in total. The highest BCUT2D eigenvalue weighted by Gasteiger charge is 2.32. The fourth-order valence-electron chi connectivity index (χ4n) is 1.38. The molecule has 1 atom stereocenters. The number of alkyl halides is 3. The second-order valence-corrected chi connectivity index (χ2v) is 3.83. The Bertz CT molecular complexity index is 593. The number of halogens is 4. The topological polar surface area (TPSA) is 59.2 Å². The fourth-order valence-corrected chi connectivity index (χ4v) is 1.38. The first-order valence-electron chi connectivity index (χ1n) is 5.18. The number of aromatic nitrogens is 2. The molecule has 0 aliphatic rings. The van der Waals surface area contributed by atoms with Crippen molar-refractivity contribution in [2.75, 3.05) is 0 Å². The molecule has 0 amide bonds. The largest absolute Gasteiger partial charge is 0.416 e. The molecule has 0 fully saturated rings. The lowest BCUT2D eigenvalue weighted by molar-refractivity contribution is -0.137. The zero-order valence-corrected chi connectivity index (χ0v) is 9.57. The van der Waals surface area contributed by atoms with Gasteiger partial charge in [0.2, 0.25) is 0 Å². The normalized spacial score (nSPS) is 13.6. The summed E-state index contributed by atoms with van der Waals surface area (Å²) in [6.07, 6.45) is -5.67. The summed E-state index contributed by atoms with van der Waals surface area (Å²) >= 11 is 0. The maximum atomic E-state index is 13.5. The van der Waals surface area contributed by atoms with Crippen LogP contribution in [-0.4, -0.2) is 15.2 Å². The SMILES string of the molecule is CC(O)c1noc(-c2cc(C(F)(F)F)ccc2F)n1. The summed E-state index contributed by atoms with van der Waals surface area (Å²) in [4.78, 5) is 3.63. The quantitative estimate of drug-likeness (QED) is 0.857. The van der Waals surface area contributed by atoms with Gasteiger partial charge in [-0.15, -0.1) is 0 Å². The third-order valence-electron chi connectivity index (χ3n) is 2.34. The molecule has 102 valence electrons. The maximum absolute atomic E-state index is 13.5. The van der Waals surface area contributed by atoms with Gasteiger partial charge in [0.1, 0.15) is 11.9 Å². The van der Waals surface area contributed by atoms with E-state index in [0.717, 1.165) is 0 Å². The number of hydrogen-bond donors (Lipinski definition) is 1. The van der Waals surface area contributed by atoms with Crippen molar-refractivity contribution >= 4 is 0 Å². The number of rotatable bonds is 2. The highest BCUT2D eigenvalue weighted by atomic mass is 19.4. The van der Waals surface area contributed by atoms with Crippen molar-refractivity contribution in [2.45, 2.75) is 19.2 Å². The van der Waals surface area contributed by atoms with Crippen LogP contribution >= 0.6 is 0 Å². The molecule has 0 radical (unpaired) electrons. The summed E-state index contributed by atoms with van der Waals surface area (Å²) in [6.45, 7) is 1.34. The van der Waals surface area contributed by atoms with E-state index < -0.39 is 35.1 Å². The number of benzene rings is 1. The molecule has 4 nitrogen and oxygen atoms in total. The molecule has 8 heteroatoms. The van der Waals surface area contributed by atoms with Gasteiger partial charge in [0.25, 0.3) is 5.89 Å². The molecule has 1 heterocycles. The molecule has 1 aromatic heterocycles. The van der Waals surface area contributed by atoms with E-state index in [2.05, 4.69) is 14.7 Å². The van der Waals surface area contributed by atoms with Crippen LogP contribution in [0.3, 0.4) is 0 Å². The van der Waals surface area contributed by atoms with Crippen molar-refractivity contribution in [3.63, 3.8) is 0 Å². The van der Waals surface area contributed by atoms with Crippen molar-refractivity contribution in [3.8, 4) is 11.5 Å². The second kappa shape index (κ2) is 4.61. The Kier molecular flexibility index (Phi) is 3.27. The second-order valence-electron chi connectivity index (χ2n) is 3.83. The fraction of sp³-hybridized carbons (Fsp3) is 0.273. The summed E-state index contributed by atoms with van der Waals surface area (Å²) in [7, 11) is 0. The first-order chi connectivity index (χ1) is 8.79. The van der Waals surface area contributed by atoms with Gasteiger partial charge < -0.3 is 9.63 Å². The molecular weight excluding hydrogens is 268 g/mol. The van der Waals surface area contributed by atoms with Crippen LogP contribution in [0.1, 0.15) is 24.4 Å². The van der Waals surface area contributed by atoms with E-state index in [1.165, 1.54) is 6.92 Å². The van der Waals surface area contributed by atoms with Crippen LogP contribution in [0.4, 0.5) is 17.6 Å². The van der Waals surface area contributed by atoms with Crippen LogP contribution in [0.2, 0.25) is 0 Å². The number of aliphatic hydroxyl groups is 1. The Balaban J connectivity index is 2.48. The van der Waals surface area contributed by atoms with Gasteiger partial charge >= 0.3 is 6.18 Å². The van der Waals surface area contributed by atoms with E-state index in [4.69, 9.17) is 0 Å². The minimum absolute atomic E-state index is 0.133. The van der Waals surface area contributed by atoms with Gasteiger partial charge in [-0.1, -0.05) is 5.16 Å². The molecule has 0 aliphatic carbocycles. The smallest absolute Gasteiger partial charge is 0.385 e. The van der Waals surface area contributed by atoms with E-state index in [0.29, 0.717) is 18.2 Å². The van der Waals surface area contributed by atoms with Crippen molar-refractivity contribution in [2.24, 2.45) is 0 Å². The average molecular weight is 276 g/mol. The lowest BCUT2D eigenvalue weighted by Gasteiger charge is -2.07. The summed E-state index contributed by atoms with van der Waals surface area (Å²) in [5, 5.41) is 12.5. The van der Waals surface area contributed by atoms with Gasteiger partial charge in [0.05, 0.1) is 11.1 Å². The van der Waals surface area contributed by atoms with E-state index >= 15 is 0 Å². The van der Waals surface area contributed by atoms with Crippen molar-refractivity contribution in [1.29, 1.82) is 0 Å². The van der Waals surface area contributed by atoms with Crippen LogP contribution in [-0.2, 0) is 6.18 Å². The molecule has 19 heavy (non-hydrogen) atoms. The zero-order chi connectivity index (χ0) is 14.2. The number of hydrogen-bond acceptors (Lipinski definition) is 4. The Morgan fingerprint density at radius 2 is 2.00 bits per heavy atom. The van der Waals surface area contributed by atoms with Gasteiger partial charge in [-0.25, -0.2) is 4.39 Å². The van der Waals surface area contributed by atoms with Gasteiger partial charge in [0, 0.05) is 0 Å². The number of aliphatic hydroxyl groups excluding tert-OH is 1. The molecular formula is C11H8F4N2O2. The third kappa shape index (κ3) is 2.73. The van der Waals surface area contributed by atoms with Crippen molar-refractivity contribution in [3.05, 3.63) is 35.4 Å². The summed E-state index contributed by atoms with van der Waals surface area (Å²) in [5.74, 6) is -1.47. The predicted molar refractivity (Wildman–Crippen MR) is 55.3 cm³/mol. The van der Waals surface area contributed by atoms with Crippen LogP contribution < -0.4 is 0 Å². The minimum atomic E-state index is -4.60. The molecule has 1 unspecified atom stereocenters. The highest BCUT2D eigenvalue weighted by Crippen LogP contribution is 2.33. The number of nitrogens with zero attached hydrogens (tertiary/aromatic N) is 2. The Hall–Kier alpha value is -1.96. The minimum Gasteiger partial charge on any atom is -0.385 e. The van der Waals surface area contributed by atoms with Gasteiger partial charge in [-0.3, -0.25) is 0 Å². The Morgan fingerprint density at radius 1 is 1.32 bits per heavy atom. The molecule has 0 aliphatic heterocycles. The first kappa shape index (κ1) is 13.5. The summed E-state index contributed by atoms with van der Waals surface area (Å²) in [6, 6.07) is 1.86. The van der Waals surface area contributed by atoms with Crippen LogP contribution in [0, 0.1) is 5.82 Å². The van der Waals surface area contributed by atoms with Crippen LogP contribution in [0.5, 0.6) is 0 Å². The van der Waals surface area contributed by atoms with E-state index in [9.17, 15) is 22.7 Å². The molecule has 0 bridgehead atoms. The highest BCUT2D eigenvalue weighted by molar-refractivity contribution is 5.55. The van der Waals surface area contributed by atoms with Crippen molar-refractivity contribution < 1.29 is 27.2 Å². The van der Waals surface area contributed by atoms with E-state index in [-0.39, 0.29) is 5.82 Å². The molecule has 1 aromatic carbocycles. The first-order valence-corrected chi connectivity index (χ1v) is 5.18. The zero-order valence-electron chi connectivity index (χ0n) is 9.57. The van der Waals surface area contributed by atoms with Gasteiger partial charge in [-0.05, 0) is 25.1 Å². The predicted octanol–water partition coefficient (Wildman–Crippen LogP) is 2.95. The molecule has 0 spiro atoms. The monoisotopic (exact) mass is 276 g/mol. The lowest BCUT2D eigenvalue weighted by Crippen LogP contribution is -2.05. The lowest BCUT2D eigenvalue weighted by atomic mass is 10.1. The standard InChI is InChI=1S/C11H8F4N2O2/c1-5(18)9-16-10(19-17-9)7-4-6(11(13,14)15)2-3-8(7)12/h2-5,18H,1H3. The maximum Gasteiger partial charge on any atom is 0.416 e. The van der Waals surface area contributed by atoms with Gasteiger partial charge in [0.15, 0.2) is 5.82 Å². The molecule has 0 saturated carbocycles. The Morgan fingerprint density at radius 3 is 2.53 bits per heavy atom. The summed E-state index contributed by atoms with van der Waals surface area (Å²) in [5.41, 5.74) is -1.49. The third-order valence-corrected chi connectivity index (χ3v) is 2.34. The Labute approximate surface area is 104 Å². The van der Waals surface area contributed by atoms with Crippen LogP contribution in [0.25, 0.3) is 11.5 Å². The molecule has 2 aromatic rings. The van der Waals surface area contributed by atoms with Gasteiger partial charge in [-0.2, -0.15) is 18.2 Å². The average Bonchev–Trinajstić information content (AvgIpc) is 2.77. The van der Waals surface area contributed by atoms with E-state index in [1.807, 2.05) is 0 Å². The van der Waals surface area contributed by atoms with E-state index in [1.54, 1.807) is 0 Å². The summed E-state index contributed by atoms with van der Waals surface area (Å²) < 4.78 is 55.7. The molecule has 0 saturated heterocycles. The van der Waals surface area contributed by atoms with Crippen molar-refractivity contribution in [1.82, 2.24) is 10.1 Å².